The highest BCUT2D eigenvalue weighted by Crippen LogP contribution is 2.32. The van der Waals surface area contributed by atoms with Crippen molar-refractivity contribution in [1.29, 1.82) is 0 Å². The third-order valence-corrected chi connectivity index (χ3v) is 6.05. The van der Waals surface area contributed by atoms with Gasteiger partial charge in [-0.3, -0.25) is 9.69 Å². The van der Waals surface area contributed by atoms with E-state index in [9.17, 15) is 22.8 Å². The number of nitrogens with zero attached hydrogens (tertiary/aromatic N) is 2. The summed E-state index contributed by atoms with van der Waals surface area (Å²) < 4.78 is 38.6. The van der Waals surface area contributed by atoms with Gasteiger partial charge in [0.25, 0.3) is 5.91 Å². The fraction of sp³-hybridized carbons (Fsp3) is 0.259. The predicted molar refractivity (Wildman–Crippen MR) is 130 cm³/mol. The minimum atomic E-state index is -4.40. The third-order valence-electron chi connectivity index (χ3n) is 6.05. The van der Waals surface area contributed by atoms with Crippen molar-refractivity contribution in [1.82, 2.24) is 4.90 Å². The van der Waals surface area contributed by atoms with E-state index >= 15 is 0 Å². The first kappa shape index (κ1) is 24.3. The number of aryl methyl sites for hydroxylation is 2. The summed E-state index contributed by atoms with van der Waals surface area (Å²) in [5.74, 6) is -0.263. The molecule has 0 aromatic heterocycles. The molecule has 0 aliphatic carbocycles. The van der Waals surface area contributed by atoms with E-state index in [-0.39, 0.29) is 18.5 Å². The van der Waals surface area contributed by atoms with Gasteiger partial charge in [0.2, 0.25) is 0 Å². The second kappa shape index (κ2) is 9.82. The van der Waals surface area contributed by atoms with Crippen LogP contribution in [0.25, 0.3) is 0 Å². The zero-order chi connectivity index (χ0) is 25.2. The Morgan fingerprint density at radius 1 is 0.971 bits per heavy atom. The summed E-state index contributed by atoms with van der Waals surface area (Å²) in [5, 5.41) is 2.95. The second-order valence-corrected chi connectivity index (χ2v) is 8.69. The molecule has 3 aromatic carbocycles. The van der Waals surface area contributed by atoms with Crippen LogP contribution in [-0.2, 0) is 12.7 Å². The number of hydrogen-bond donors (Lipinski definition) is 1. The number of carbonyl (C=O) groups is 2. The maximum absolute atomic E-state index is 13.4. The Morgan fingerprint density at radius 2 is 1.69 bits per heavy atom. The molecule has 8 heteroatoms. The number of anilines is 2. The number of amides is 3. The van der Waals surface area contributed by atoms with Crippen LogP contribution in [0.1, 0.15) is 39.0 Å². The minimum absolute atomic E-state index is 0.199. The first-order chi connectivity index (χ1) is 16.6. The van der Waals surface area contributed by atoms with Crippen LogP contribution < -0.4 is 10.2 Å². The second-order valence-electron chi connectivity index (χ2n) is 8.69. The van der Waals surface area contributed by atoms with Gasteiger partial charge in [-0.1, -0.05) is 36.4 Å². The number of halogens is 3. The zero-order valence-corrected chi connectivity index (χ0v) is 19.5. The largest absolute Gasteiger partial charge is 0.416 e. The van der Waals surface area contributed by atoms with Crippen molar-refractivity contribution in [2.24, 2.45) is 0 Å². The molecule has 4 rings (SSSR count). The van der Waals surface area contributed by atoms with Gasteiger partial charge >= 0.3 is 12.2 Å². The first-order valence-electron chi connectivity index (χ1n) is 11.3. The molecule has 0 bridgehead atoms. The molecule has 0 unspecified atom stereocenters. The molecule has 1 saturated heterocycles. The summed E-state index contributed by atoms with van der Waals surface area (Å²) in [5.41, 5.74) is 3.33. The number of carbonyl (C=O) groups excluding carboxylic acids is 2. The number of nitrogens with one attached hydrogen (secondary N) is 1. The van der Waals surface area contributed by atoms with Crippen LogP contribution in [0.2, 0.25) is 0 Å². The third kappa shape index (κ3) is 5.48. The van der Waals surface area contributed by atoms with Crippen LogP contribution in [0.4, 0.5) is 29.3 Å². The molecule has 1 heterocycles. The van der Waals surface area contributed by atoms with E-state index in [1.807, 2.05) is 44.2 Å². The van der Waals surface area contributed by atoms with E-state index in [2.05, 4.69) is 5.32 Å². The highest BCUT2D eigenvalue weighted by molar-refractivity contribution is 6.08. The van der Waals surface area contributed by atoms with Gasteiger partial charge in [-0.15, -0.1) is 0 Å². The van der Waals surface area contributed by atoms with Gasteiger partial charge in [-0.05, 0) is 67.3 Å². The Kier molecular flexibility index (Phi) is 6.82. The van der Waals surface area contributed by atoms with E-state index in [1.54, 1.807) is 21.9 Å². The molecular weight excluding hydrogens is 455 g/mol. The molecule has 1 aliphatic heterocycles. The number of alkyl halides is 3. The van der Waals surface area contributed by atoms with Crippen molar-refractivity contribution in [2.45, 2.75) is 33.0 Å². The lowest BCUT2D eigenvalue weighted by Crippen LogP contribution is -2.49. The smallest absolute Gasteiger partial charge is 0.320 e. The summed E-state index contributed by atoms with van der Waals surface area (Å²) in [4.78, 5) is 29.5. The molecule has 0 saturated carbocycles. The maximum Gasteiger partial charge on any atom is 0.416 e. The van der Waals surface area contributed by atoms with Crippen LogP contribution in [0.5, 0.6) is 0 Å². The van der Waals surface area contributed by atoms with Crippen molar-refractivity contribution in [2.75, 3.05) is 23.3 Å². The van der Waals surface area contributed by atoms with E-state index in [1.165, 1.54) is 12.1 Å². The van der Waals surface area contributed by atoms with Gasteiger partial charge in [0.1, 0.15) is 0 Å². The van der Waals surface area contributed by atoms with Gasteiger partial charge in [0.05, 0.1) is 16.9 Å². The molecule has 5 nitrogen and oxygen atoms in total. The van der Waals surface area contributed by atoms with Gasteiger partial charge in [-0.2, -0.15) is 13.2 Å². The van der Waals surface area contributed by atoms with Crippen LogP contribution in [0.15, 0.2) is 66.7 Å². The average Bonchev–Trinajstić information content (AvgIpc) is 2.81. The van der Waals surface area contributed by atoms with Crippen LogP contribution >= 0.6 is 0 Å². The number of urea groups is 1. The minimum Gasteiger partial charge on any atom is -0.320 e. The Bertz CT molecular complexity index is 1240. The van der Waals surface area contributed by atoms with Gasteiger partial charge in [0, 0.05) is 25.2 Å². The first-order valence-corrected chi connectivity index (χ1v) is 11.3. The zero-order valence-electron chi connectivity index (χ0n) is 19.5. The number of rotatable bonds is 5. The molecule has 3 amide bonds. The van der Waals surface area contributed by atoms with Crippen molar-refractivity contribution < 1.29 is 22.8 Å². The highest BCUT2D eigenvalue weighted by atomic mass is 19.4. The van der Waals surface area contributed by atoms with E-state index < -0.39 is 11.7 Å². The molecule has 1 fully saturated rings. The topological polar surface area (TPSA) is 52.6 Å². The van der Waals surface area contributed by atoms with Gasteiger partial charge in [-0.25, -0.2) is 4.79 Å². The predicted octanol–water partition coefficient (Wildman–Crippen LogP) is 6.41. The lowest BCUT2D eigenvalue weighted by molar-refractivity contribution is -0.137. The van der Waals surface area contributed by atoms with E-state index in [0.29, 0.717) is 42.0 Å². The molecular formula is C27H26F3N3O2. The Hall–Kier alpha value is -3.81. The summed E-state index contributed by atoms with van der Waals surface area (Å²) in [6.45, 7) is 4.93. The molecule has 182 valence electrons. The van der Waals surface area contributed by atoms with E-state index in [0.717, 1.165) is 23.3 Å². The summed E-state index contributed by atoms with van der Waals surface area (Å²) in [6, 6.07) is 17.4. The highest BCUT2D eigenvalue weighted by Gasteiger charge is 2.31. The summed E-state index contributed by atoms with van der Waals surface area (Å²) >= 11 is 0. The Labute approximate surface area is 202 Å². The fourth-order valence-electron chi connectivity index (χ4n) is 4.17. The van der Waals surface area contributed by atoms with Crippen LogP contribution in [0.3, 0.4) is 0 Å². The molecule has 3 aromatic rings. The van der Waals surface area contributed by atoms with Gasteiger partial charge in [0.15, 0.2) is 0 Å². The maximum atomic E-state index is 13.4. The van der Waals surface area contributed by atoms with Crippen LogP contribution in [-0.4, -0.2) is 29.9 Å². The normalized spacial score (nSPS) is 14.3. The fourth-order valence-corrected chi connectivity index (χ4v) is 4.17. The Morgan fingerprint density at radius 3 is 2.37 bits per heavy atom. The summed E-state index contributed by atoms with van der Waals surface area (Å²) in [7, 11) is 0. The molecule has 1 N–H and O–H groups in total. The molecule has 0 spiro atoms. The number of hydrogen-bond acceptors (Lipinski definition) is 2. The number of benzene rings is 3. The molecule has 1 aliphatic rings. The van der Waals surface area contributed by atoms with Crippen molar-refractivity contribution in [3.05, 3.63) is 94.5 Å². The quantitative estimate of drug-likeness (QED) is 0.458. The SMILES string of the molecule is Cc1ccc(N2CCCN(Cc3ccc(C(F)(F)F)cc3)C2=O)c(NC(=O)c2ccccc2C)c1. The van der Waals surface area contributed by atoms with Crippen molar-refractivity contribution in [3.63, 3.8) is 0 Å². The van der Waals surface area contributed by atoms with E-state index in [4.69, 9.17) is 0 Å². The standard InChI is InChI=1S/C27H26F3N3O2/c1-18-8-13-24(23(16-18)31-25(34)22-7-4-3-6-19(22)2)33-15-5-14-32(26(33)35)17-20-9-11-21(12-10-20)27(28,29)30/h3-4,6-13,16H,5,14-15,17H2,1-2H3,(H,31,34). The van der Waals surface area contributed by atoms with Crippen molar-refractivity contribution in [3.8, 4) is 0 Å². The molecule has 0 radical (unpaired) electrons. The molecule has 0 atom stereocenters. The molecule has 35 heavy (non-hydrogen) atoms. The van der Waals surface area contributed by atoms with Crippen molar-refractivity contribution >= 4 is 23.3 Å². The summed E-state index contributed by atoms with van der Waals surface area (Å²) in [6.07, 6.45) is -3.72. The lowest BCUT2D eigenvalue weighted by atomic mass is 10.1. The van der Waals surface area contributed by atoms with Gasteiger partial charge < -0.3 is 10.2 Å². The average molecular weight is 482 g/mol. The monoisotopic (exact) mass is 481 g/mol. The Balaban J connectivity index is 1.55. The lowest BCUT2D eigenvalue weighted by Gasteiger charge is -2.36. The van der Waals surface area contributed by atoms with Crippen LogP contribution in [0, 0.1) is 13.8 Å².